The van der Waals surface area contributed by atoms with Crippen molar-refractivity contribution in [3.05, 3.63) is 58.6 Å². The first-order chi connectivity index (χ1) is 17.1. The van der Waals surface area contributed by atoms with Crippen LogP contribution >= 0.6 is 11.6 Å². The van der Waals surface area contributed by atoms with Gasteiger partial charge in [-0.1, -0.05) is 23.7 Å². The third-order valence-corrected chi connectivity index (χ3v) is 8.05. The molecule has 2 amide bonds. The van der Waals surface area contributed by atoms with Crippen molar-refractivity contribution in [1.29, 1.82) is 0 Å². The van der Waals surface area contributed by atoms with Gasteiger partial charge in [0.25, 0.3) is 0 Å². The molecule has 2 saturated heterocycles. The molecule has 3 aliphatic rings. The van der Waals surface area contributed by atoms with E-state index in [4.69, 9.17) is 21.1 Å². The molecule has 2 N–H and O–H groups in total. The molecule has 8 heteroatoms. The Labute approximate surface area is 216 Å². The smallest absolute Gasteiger partial charge is 0.245 e. The number of likely N-dealkylation sites (tertiary alicyclic amines) is 1. The van der Waals surface area contributed by atoms with Crippen LogP contribution < -0.4 is 10.1 Å². The van der Waals surface area contributed by atoms with E-state index < -0.39 is 11.6 Å². The zero-order chi connectivity index (χ0) is 25.6. The first-order valence-electron chi connectivity index (χ1n) is 12.6. The zero-order valence-electron chi connectivity index (χ0n) is 20.9. The molecule has 5 atom stereocenters. The quantitative estimate of drug-likeness (QED) is 0.639. The van der Waals surface area contributed by atoms with Gasteiger partial charge in [0, 0.05) is 48.9 Å². The Balaban J connectivity index is 1.32. The minimum atomic E-state index is -0.663. The molecule has 0 aliphatic carbocycles. The maximum atomic E-state index is 13.6. The van der Waals surface area contributed by atoms with Crippen LogP contribution in [-0.2, 0) is 20.7 Å². The predicted molar refractivity (Wildman–Crippen MR) is 136 cm³/mol. The number of halogens is 1. The normalized spacial score (nSPS) is 27.1. The van der Waals surface area contributed by atoms with Gasteiger partial charge in [-0.25, -0.2) is 0 Å². The van der Waals surface area contributed by atoms with Crippen molar-refractivity contribution in [2.24, 2.45) is 11.8 Å². The molecule has 0 aromatic heterocycles. The zero-order valence-corrected chi connectivity index (χ0v) is 21.6. The van der Waals surface area contributed by atoms with Crippen molar-refractivity contribution >= 4 is 23.4 Å². The number of ether oxygens (including phenoxy) is 2. The van der Waals surface area contributed by atoms with Crippen LogP contribution in [0.4, 0.5) is 0 Å². The monoisotopic (exact) mass is 512 g/mol. The number of benzene rings is 2. The van der Waals surface area contributed by atoms with Crippen LogP contribution in [0.5, 0.6) is 11.5 Å². The van der Waals surface area contributed by atoms with E-state index in [-0.39, 0.29) is 41.6 Å². The lowest BCUT2D eigenvalue weighted by atomic mass is 9.70. The average molecular weight is 513 g/mol. The van der Waals surface area contributed by atoms with Crippen LogP contribution in [0, 0.1) is 11.8 Å². The fourth-order valence-electron chi connectivity index (χ4n) is 6.01. The molecule has 7 nitrogen and oxygen atoms in total. The molecule has 0 spiro atoms. The van der Waals surface area contributed by atoms with Crippen LogP contribution in [-0.4, -0.2) is 52.7 Å². The second kappa shape index (κ2) is 9.60. The van der Waals surface area contributed by atoms with E-state index in [1.807, 2.05) is 23.1 Å². The summed E-state index contributed by atoms with van der Waals surface area (Å²) in [6, 6.07) is 11.8. The third-order valence-electron chi connectivity index (χ3n) is 7.82. The number of phenols is 1. The summed E-state index contributed by atoms with van der Waals surface area (Å²) in [6.07, 6.45) is 1.94. The number of nitrogens with zero attached hydrogens (tertiary/aromatic N) is 1. The van der Waals surface area contributed by atoms with E-state index in [1.165, 1.54) is 6.92 Å². The third kappa shape index (κ3) is 4.91. The molecular weight excluding hydrogens is 480 g/mol. The molecule has 5 rings (SSSR count). The summed E-state index contributed by atoms with van der Waals surface area (Å²) >= 11 is 6.30. The number of hydrogen-bond donors (Lipinski definition) is 2. The molecule has 0 saturated carbocycles. The highest BCUT2D eigenvalue weighted by Crippen LogP contribution is 2.53. The lowest BCUT2D eigenvalue weighted by Crippen LogP contribution is -2.58. The van der Waals surface area contributed by atoms with Crippen molar-refractivity contribution in [3.8, 4) is 11.5 Å². The molecule has 0 bridgehead atoms. The van der Waals surface area contributed by atoms with E-state index in [0.717, 1.165) is 29.7 Å². The first-order valence-corrected chi connectivity index (χ1v) is 13.0. The van der Waals surface area contributed by atoms with Crippen LogP contribution in [0.2, 0.25) is 5.02 Å². The fourth-order valence-corrected chi connectivity index (χ4v) is 6.20. The Bertz CT molecular complexity index is 1150. The fraction of sp³-hybridized carbons (Fsp3) is 0.500. The first kappa shape index (κ1) is 24.9. The van der Waals surface area contributed by atoms with Gasteiger partial charge in [0.05, 0.1) is 12.2 Å². The van der Waals surface area contributed by atoms with Crippen LogP contribution in [0.25, 0.3) is 0 Å². The second-order valence-electron chi connectivity index (χ2n) is 10.8. The van der Waals surface area contributed by atoms with E-state index in [1.54, 1.807) is 24.3 Å². The number of amides is 2. The number of piperidine rings is 1. The average Bonchev–Trinajstić information content (AvgIpc) is 2.83. The largest absolute Gasteiger partial charge is 0.508 e. The summed E-state index contributed by atoms with van der Waals surface area (Å²) in [5.74, 6) is 0.962. The molecule has 3 heterocycles. The van der Waals surface area contributed by atoms with Gasteiger partial charge in [0.1, 0.15) is 23.1 Å². The van der Waals surface area contributed by atoms with Crippen molar-refractivity contribution < 1.29 is 24.2 Å². The molecule has 2 fully saturated rings. The second-order valence-corrected chi connectivity index (χ2v) is 11.2. The number of carbonyl (C=O) groups excluding carboxylic acids is 2. The number of carbonyl (C=O) groups is 2. The summed E-state index contributed by atoms with van der Waals surface area (Å²) < 4.78 is 13.1. The Morgan fingerprint density at radius 2 is 1.97 bits per heavy atom. The molecule has 0 radical (unpaired) electrons. The SMILES string of the molecule is CC(=O)N[C@H](Cc1ccc(O)cc1)C(=O)N1CC[C@H]2O[C@H]3c4cc(Cl)ccc4OC(C)(C)[C@@H]3C[C@H]2C1. The molecular formula is C28H33ClN2O5. The topological polar surface area (TPSA) is 88.1 Å². The maximum Gasteiger partial charge on any atom is 0.245 e. The van der Waals surface area contributed by atoms with E-state index >= 15 is 0 Å². The van der Waals surface area contributed by atoms with Gasteiger partial charge in [0.2, 0.25) is 11.8 Å². The van der Waals surface area contributed by atoms with Gasteiger partial charge >= 0.3 is 0 Å². The lowest BCUT2D eigenvalue weighted by molar-refractivity contribution is -0.189. The van der Waals surface area contributed by atoms with Gasteiger partial charge in [0.15, 0.2) is 0 Å². The predicted octanol–water partition coefficient (Wildman–Crippen LogP) is 4.26. The standard InChI is InChI=1S/C28H33ClN2O5/c1-16(32)30-23(12-17-4-7-20(33)8-5-17)27(34)31-11-10-24-18(15-31)13-22-26(35-24)21-14-19(29)6-9-25(21)36-28(22,2)3/h4-9,14,18,22-24,26,33H,10-13,15H2,1-3H3,(H,30,32)/t18-,22+,23+,24+,26-/m0/s1. The number of rotatable bonds is 4. The van der Waals surface area contributed by atoms with Gasteiger partial charge in [-0.05, 0) is 62.6 Å². The van der Waals surface area contributed by atoms with Gasteiger partial charge < -0.3 is 24.8 Å². The summed E-state index contributed by atoms with van der Waals surface area (Å²) in [5, 5.41) is 13.1. The van der Waals surface area contributed by atoms with Crippen molar-refractivity contribution in [2.75, 3.05) is 13.1 Å². The van der Waals surface area contributed by atoms with E-state index in [2.05, 4.69) is 19.2 Å². The Hall–Kier alpha value is -2.77. The highest BCUT2D eigenvalue weighted by atomic mass is 35.5. The summed E-state index contributed by atoms with van der Waals surface area (Å²) in [6.45, 7) is 6.78. The lowest BCUT2D eigenvalue weighted by Gasteiger charge is -2.53. The molecule has 0 unspecified atom stereocenters. The minimum Gasteiger partial charge on any atom is -0.508 e. The molecule has 2 aromatic carbocycles. The van der Waals surface area contributed by atoms with Crippen LogP contribution in [0.3, 0.4) is 0 Å². The number of hydrogen-bond acceptors (Lipinski definition) is 5. The van der Waals surface area contributed by atoms with Gasteiger partial charge in [-0.3, -0.25) is 9.59 Å². The van der Waals surface area contributed by atoms with E-state index in [0.29, 0.717) is 24.5 Å². The maximum absolute atomic E-state index is 13.6. The molecule has 2 aromatic rings. The van der Waals surface area contributed by atoms with Gasteiger partial charge in [-0.15, -0.1) is 0 Å². The van der Waals surface area contributed by atoms with Crippen LogP contribution in [0.1, 0.15) is 50.8 Å². The summed E-state index contributed by atoms with van der Waals surface area (Å²) in [5.41, 5.74) is 1.46. The van der Waals surface area contributed by atoms with Gasteiger partial charge in [-0.2, -0.15) is 0 Å². The number of fused-ring (bicyclic) bond motifs is 4. The summed E-state index contributed by atoms with van der Waals surface area (Å²) in [4.78, 5) is 27.3. The Kier molecular flexibility index (Phi) is 6.64. The molecule has 36 heavy (non-hydrogen) atoms. The minimum absolute atomic E-state index is 0.0485. The molecule has 3 aliphatic heterocycles. The Morgan fingerprint density at radius 3 is 2.69 bits per heavy atom. The Morgan fingerprint density at radius 1 is 1.22 bits per heavy atom. The van der Waals surface area contributed by atoms with Crippen molar-refractivity contribution in [2.45, 2.75) is 63.9 Å². The number of phenolic OH excluding ortho intramolecular Hbond substituents is 1. The summed E-state index contributed by atoms with van der Waals surface area (Å²) in [7, 11) is 0. The van der Waals surface area contributed by atoms with Crippen molar-refractivity contribution in [3.63, 3.8) is 0 Å². The molecule has 192 valence electrons. The number of nitrogens with one attached hydrogen (secondary N) is 1. The van der Waals surface area contributed by atoms with Crippen LogP contribution in [0.15, 0.2) is 42.5 Å². The van der Waals surface area contributed by atoms with E-state index in [9.17, 15) is 14.7 Å². The highest BCUT2D eigenvalue weighted by Gasteiger charge is 2.51. The highest BCUT2D eigenvalue weighted by molar-refractivity contribution is 6.30. The van der Waals surface area contributed by atoms with Crippen molar-refractivity contribution in [1.82, 2.24) is 10.2 Å². The number of aromatic hydroxyl groups is 1.